The molecule has 1 aromatic carbocycles. The SMILES string of the molecule is COC(C)(C)CC(CO)Nc1ccccc1F. The molecule has 0 saturated carbocycles. The van der Waals surface area contributed by atoms with Crippen molar-refractivity contribution in [1.29, 1.82) is 0 Å². The van der Waals surface area contributed by atoms with Gasteiger partial charge in [-0.25, -0.2) is 4.39 Å². The standard InChI is InChI=1S/C13H20FNO2/c1-13(2,17-3)8-10(9-16)15-12-7-5-4-6-11(12)14/h4-7,10,15-16H,8-9H2,1-3H3. The van der Waals surface area contributed by atoms with Crippen molar-refractivity contribution in [3.05, 3.63) is 30.1 Å². The second-order valence-corrected chi connectivity index (χ2v) is 4.67. The van der Waals surface area contributed by atoms with Crippen LogP contribution < -0.4 is 5.32 Å². The van der Waals surface area contributed by atoms with Crippen LogP contribution in [0.2, 0.25) is 0 Å². The summed E-state index contributed by atoms with van der Waals surface area (Å²) in [5.74, 6) is -0.318. The van der Waals surface area contributed by atoms with E-state index in [1.807, 2.05) is 13.8 Å². The Bertz CT molecular complexity index is 355. The van der Waals surface area contributed by atoms with E-state index in [0.717, 1.165) is 0 Å². The van der Waals surface area contributed by atoms with Crippen molar-refractivity contribution in [2.24, 2.45) is 0 Å². The highest BCUT2D eigenvalue weighted by molar-refractivity contribution is 5.45. The molecule has 0 radical (unpaired) electrons. The fraction of sp³-hybridized carbons (Fsp3) is 0.538. The molecule has 0 amide bonds. The maximum absolute atomic E-state index is 13.4. The monoisotopic (exact) mass is 241 g/mol. The third-order valence-corrected chi connectivity index (χ3v) is 2.74. The number of anilines is 1. The lowest BCUT2D eigenvalue weighted by Crippen LogP contribution is -2.35. The maximum atomic E-state index is 13.4. The van der Waals surface area contributed by atoms with E-state index in [-0.39, 0.29) is 24.1 Å². The summed E-state index contributed by atoms with van der Waals surface area (Å²) in [6, 6.07) is 6.19. The first-order valence-electron chi connectivity index (χ1n) is 5.65. The smallest absolute Gasteiger partial charge is 0.146 e. The molecule has 0 bridgehead atoms. The zero-order valence-electron chi connectivity index (χ0n) is 10.5. The number of aliphatic hydroxyl groups excluding tert-OH is 1. The minimum Gasteiger partial charge on any atom is -0.394 e. The highest BCUT2D eigenvalue weighted by Crippen LogP contribution is 2.20. The van der Waals surface area contributed by atoms with Gasteiger partial charge in [-0.3, -0.25) is 0 Å². The van der Waals surface area contributed by atoms with Gasteiger partial charge in [0.15, 0.2) is 0 Å². The molecule has 2 N–H and O–H groups in total. The van der Waals surface area contributed by atoms with Gasteiger partial charge in [0.25, 0.3) is 0 Å². The third-order valence-electron chi connectivity index (χ3n) is 2.74. The molecular formula is C13H20FNO2. The number of halogens is 1. The number of hydrogen-bond acceptors (Lipinski definition) is 3. The van der Waals surface area contributed by atoms with Gasteiger partial charge in [-0.2, -0.15) is 0 Å². The zero-order valence-corrected chi connectivity index (χ0v) is 10.5. The Morgan fingerprint density at radius 2 is 2.06 bits per heavy atom. The van der Waals surface area contributed by atoms with Crippen LogP contribution >= 0.6 is 0 Å². The lowest BCUT2D eigenvalue weighted by Gasteiger charge is -2.28. The molecule has 4 heteroatoms. The van der Waals surface area contributed by atoms with Crippen LogP contribution in [-0.2, 0) is 4.74 Å². The summed E-state index contributed by atoms with van der Waals surface area (Å²) in [5, 5.41) is 12.3. The highest BCUT2D eigenvalue weighted by Gasteiger charge is 2.22. The minimum atomic E-state index is -0.356. The van der Waals surface area contributed by atoms with E-state index in [2.05, 4.69) is 5.32 Å². The van der Waals surface area contributed by atoms with Crippen LogP contribution in [-0.4, -0.2) is 30.5 Å². The molecular weight excluding hydrogens is 221 g/mol. The molecule has 1 unspecified atom stereocenters. The van der Waals surface area contributed by atoms with Crippen molar-refractivity contribution in [2.75, 3.05) is 19.0 Å². The Morgan fingerprint density at radius 1 is 1.41 bits per heavy atom. The number of aliphatic hydroxyl groups is 1. The van der Waals surface area contributed by atoms with E-state index in [9.17, 15) is 9.50 Å². The van der Waals surface area contributed by atoms with Crippen molar-refractivity contribution < 1.29 is 14.2 Å². The van der Waals surface area contributed by atoms with Crippen LogP contribution in [0.1, 0.15) is 20.3 Å². The minimum absolute atomic E-state index is 0.0683. The van der Waals surface area contributed by atoms with Crippen LogP contribution in [0.4, 0.5) is 10.1 Å². The Labute approximate surface area is 102 Å². The molecule has 0 saturated heterocycles. The third kappa shape index (κ3) is 4.32. The van der Waals surface area contributed by atoms with E-state index in [4.69, 9.17) is 4.74 Å². The van der Waals surface area contributed by atoms with Gasteiger partial charge in [0.05, 0.1) is 23.9 Å². The fourth-order valence-electron chi connectivity index (χ4n) is 1.64. The van der Waals surface area contributed by atoms with Gasteiger partial charge in [-0.15, -0.1) is 0 Å². The van der Waals surface area contributed by atoms with Gasteiger partial charge < -0.3 is 15.2 Å². The normalized spacial score (nSPS) is 13.5. The first kappa shape index (κ1) is 13.9. The summed E-state index contributed by atoms with van der Waals surface area (Å²) >= 11 is 0. The van der Waals surface area contributed by atoms with Gasteiger partial charge in [-0.1, -0.05) is 12.1 Å². The second kappa shape index (κ2) is 5.98. The van der Waals surface area contributed by atoms with Gasteiger partial charge in [-0.05, 0) is 32.4 Å². The van der Waals surface area contributed by atoms with E-state index < -0.39 is 0 Å². The average molecular weight is 241 g/mol. The predicted octanol–water partition coefficient (Wildman–Crippen LogP) is 2.41. The number of para-hydroxylation sites is 1. The summed E-state index contributed by atoms with van der Waals surface area (Å²) in [7, 11) is 1.62. The van der Waals surface area contributed by atoms with Crippen molar-refractivity contribution in [3.8, 4) is 0 Å². The van der Waals surface area contributed by atoms with E-state index >= 15 is 0 Å². The van der Waals surface area contributed by atoms with Crippen LogP contribution in [0.5, 0.6) is 0 Å². The molecule has 0 heterocycles. The molecule has 0 aromatic heterocycles. The van der Waals surface area contributed by atoms with Crippen LogP contribution in [0, 0.1) is 5.82 Å². The number of nitrogens with one attached hydrogen (secondary N) is 1. The second-order valence-electron chi connectivity index (χ2n) is 4.67. The summed E-state index contributed by atoms with van der Waals surface area (Å²) < 4.78 is 18.7. The molecule has 1 aromatic rings. The van der Waals surface area contributed by atoms with Gasteiger partial charge in [0.1, 0.15) is 5.82 Å². The van der Waals surface area contributed by atoms with E-state index in [0.29, 0.717) is 12.1 Å². The molecule has 96 valence electrons. The molecule has 0 aliphatic carbocycles. The lowest BCUT2D eigenvalue weighted by molar-refractivity contribution is 0.00745. The molecule has 0 fully saturated rings. The van der Waals surface area contributed by atoms with Gasteiger partial charge in [0.2, 0.25) is 0 Å². The zero-order chi connectivity index (χ0) is 12.9. The summed E-state index contributed by atoms with van der Waals surface area (Å²) in [6.45, 7) is 3.79. The molecule has 0 spiro atoms. The number of rotatable bonds is 6. The first-order valence-corrected chi connectivity index (χ1v) is 5.65. The molecule has 0 aliphatic rings. The van der Waals surface area contributed by atoms with Crippen LogP contribution in [0.3, 0.4) is 0 Å². The number of ether oxygens (including phenoxy) is 1. The lowest BCUT2D eigenvalue weighted by atomic mass is 9.99. The quantitative estimate of drug-likeness (QED) is 0.803. The number of hydrogen-bond donors (Lipinski definition) is 2. The Hall–Kier alpha value is -1.13. The largest absolute Gasteiger partial charge is 0.394 e. The van der Waals surface area contributed by atoms with Crippen molar-refractivity contribution in [3.63, 3.8) is 0 Å². The van der Waals surface area contributed by atoms with Crippen LogP contribution in [0.15, 0.2) is 24.3 Å². The molecule has 3 nitrogen and oxygen atoms in total. The Morgan fingerprint density at radius 3 is 2.59 bits per heavy atom. The van der Waals surface area contributed by atoms with E-state index in [1.165, 1.54) is 6.07 Å². The molecule has 0 aliphatic heterocycles. The average Bonchev–Trinajstić information content (AvgIpc) is 2.31. The maximum Gasteiger partial charge on any atom is 0.146 e. The van der Waals surface area contributed by atoms with Crippen molar-refractivity contribution in [2.45, 2.75) is 31.9 Å². The topological polar surface area (TPSA) is 41.5 Å². The summed E-state index contributed by atoms with van der Waals surface area (Å²) in [6.07, 6.45) is 0.592. The van der Waals surface area contributed by atoms with E-state index in [1.54, 1.807) is 25.3 Å². The van der Waals surface area contributed by atoms with Crippen molar-refractivity contribution >= 4 is 5.69 Å². The Balaban J connectivity index is 2.68. The summed E-state index contributed by atoms with van der Waals surface area (Å²) in [4.78, 5) is 0. The van der Waals surface area contributed by atoms with Gasteiger partial charge >= 0.3 is 0 Å². The summed E-state index contributed by atoms with van der Waals surface area (Å²) in [5.41, 5.74) is 0.0458. The molecule has 1 rings (SSSR count). The van der Waals surface area contributed by atoms with Crippen LogP contribution in [0.25, 0.3) is 0 Å². The number of methoxy groups -OCH3 is 1. The highest BCUT2D eigenvalue weighted by atomic mass is 19.1. The predicted molar refractivity (Wildman–Crippen MR) is 66.6 cm³/mol. The fourth-order valence-corrected chi connectivity index (χ4v) is 1.64. The Kier molecular flexibility index (Phi) is 4.90. The van der Waals surface area contributed by atoms with Crippen molar-refractivity contribution in [1.82, 2.24) is 0 Å². The van der Waals surface area contributed by atoms with Gasteiger partial charge in [0, 0.05) is 7.11 Å². The number of benzene rings is 1. The first-order chi connectivity index (χ1) is 7.98. The molecule has 17 heavy (non-hydrogen) atoms. The molecule has 1 atom stereocenters.